The molecule has 1 atom stereocenters. The summed E-state index contributed by atoms with van der Waals surface area (Å²) in [7, 11) is 0. The Morgan fingerprint density at radius 1 is 1.44 bits per heavy atom. The number of esters is 1. The lowest BCUT2D eigenvalue weighted by molar-refractivity contribution is -0.151. The molecule has 16 heavy (non-hydrogen) atoms. The molecule has 0 N–H and O–H groups in total. The molecule has 0 aliphatic rings. The van der Waals surface area contributed by atoms with E-state index in [1.54, 1.807) is 0 Å². The Balaban J connectivity index is 2.45. The quantitative estimate of drug-likeness (QED) is 0.535. The second-order valence-corrected chi connectivity index (χ2v) is 2.95. The molecule has 1 unspecified atom stereocenters. The van der Waals surface area contributed by atoms with Gasteiger partial charge in [0.2, 0.25) is 6.10 Å². The zero-order valence-electron chi connectivity index (χ0n) is 8.59. The molecule has 83 valence electrons. The van der Waals surface area contributed by atoms with Crippen molar-refractivity contribution in [3.05, 3.63) is 48.6 Å². The third-order valence-electron chi connectivity index (χ3n) is 1.85. The van der Waals surface area contributed by atoms with Crippen LogP contribution in [0.1, 0.15) is 5.56 Å². The maximum Gasteiger partial charge on any atom is 0.418 e. The first-order valence-electron chi connectivity index (χ1n) is 4.64. The number of hydrogen-bond donors (Lipinski definition) is 0. The monoisotopic (exact) mass is 219 g/mol. The second kappa shape index (κ2) is 6.40. The van der Waals surface area contributed by atoms with E-state index in [0.29, 0.717) is 0 Å². The Morgan fingerprint density at radius 3 is 2.69 bits per heavy atom. The summed E-state index contributed by atoms with van der Waals surface area (Å²) in [6.45, 7) is 4.66. The average Bonchev–Trinajstić information content (AvgIpc) is 2.34. The van der Waals surface area contributed by atoms with Gasteiger partial charge in [0.1, 0.15) is 6.61 Å². The predicted molar refractivity (Wildman–Crippen MR) is 57.0 cm³/mol. The van der Waals surface area contributed by atoms with Gasteiger partial charge in [-0.25, -0.2) is 9.59 Å². The van der Waals surface area contributed by atoms with Crippen molar-refractivity contribution in [2.24, 2.45) is 0 Å². The van der Waals surface area contributed by atoms with Crippen LogP contribution in [0.25, 0.3) is 0 Å². The van der Waals surface area contributed by atoms with Crippen molar-refractivity contribution >= 4 is 12.4 Å². The van der Waals surface area contributed by atoms with Crippen molar-refractivity contribution in [3.63, 3.8) is 0 Å². The van der Waals surface area contributed by atoms with Crippen LogP contribution < -0.4 is 0 Å². The van der Waals surface area contributed by atoms with Gasteiger partial charge in [0.25, 0.3) is 0 Å². The summed E-state index contributed by atoms with van der Waals surface area (Å²) in [6.07, 6.45) is 0.0827. The van der Waals surface area contributed by atoms with E-state index in [4.69, 9.17) is 4.74 Å². The molecule has 0 spiro atoms. The lowest BCUT2D eigenvalue weighted by atomic mass is 10.2. The lowest BCUT2D eigenvalue weighted by Crippen LogP contribution is -2.23. The zero-order valence-corrected chi connectivity index (χ0v) is 8.59. The van der Waals surface area contributed by atoms with E-state index in [-0.39, 0.29) is 6.61 Å². The minimum absolute atomic E-state index is 0.131. The Labute approximate surface area is 93.5 Å². The molecule has 0 aromatic heterocycles. The first kappa shape index (κ1) is 12.0. The molecule has 0 saturated heterocycles. The van der Waals surface area contributed by atoms with Gasteiger partial charge in [-0.2, -0.15) is 0 Å². The Bertz CT molecular complexity index is 359. The fourth-order valence-electron chi connectivity index (χ4n) is 1.06. The van der Waals surface area contributed by atoms with Gasteiger partial charge in [0.15, 0.2) is 0 Å². The van der Waals surface area contributed by atoms with Crippen LogP contribution in [0.4, 0.5) is 0 Å². The molecular weight excluding hydrogens is 208 g/mol. The molecule has 0 heterocycles. The molecule has 0 fully saturated rings. The van der Waals surface area contributed by atoms with Gasteiger partial charge >= 0.3 is 12.4 Å². The molecule has 1 rings (SSSR count). The third kappa shape index (κ3) is 3.57. The molecule has 4 nitrogen and oxygen atoms in total. The first-order valence-corrected chi connectivity index (χ1v) is 4.64. The molecule has 0 saturated carbocycles. The molecule has 0 aliphatic heterocycles. The van der Waals surface area contributed by atoms with Crippen molar-refractivity contribution < 1.29 is 19.1 Å². The topological polar surface area (TPSA) is 52.6 Å². The summed E-state index contributed by atoms with van der Waals surface area (Å²) in [6, 6.07) is 9.18. The van der Waals surface area contributed by atoms with Crippen molar-refractivity contribution in [1.82, 2.24) is 0 Å². The Kier molecular flexibility index (Phi) is 4.79. The number of carbonyl (C=O) groups excluding carboxylic acids is 2. The van der Waals surface area contributed by atoms with Gasteiger partial charge in [-0.05, 0) is 11.6 Å². The van der Waals surface area contributed by atoms with Crippen molar-refractivity contribution in [2.75, 3.05) is 0 Å². The van der Waals surface area contributed by atoms with Crippen LogP contribution in [-0.2, 0) is 25.7 Å². The summed E-state index contributed by atoms with van der Waals surface area (Å²) in [4.78, 5) is 21.3. The molecule has 1 radical (unpaired) electrons. The van der Waals surface area contributed by atoms with Gasteiger partial charge in [0, 0.05) is 0 Å². The molecular formula is C12H11O4. The van der Waals surface area contributed by atoms with Crippen LogP contribution in [0.15, 0.2) is 43.0 Å². The predicted octanol–water partition coefficient (Wildman–Crippen LogP) is 1.37. The SMILES string of the molecule is C=CC(O[C]=O)C(=O)OCc1ccccc1. The number of ether oxygens (including phenoxy) is 2. The number of hydrogen-bond acceptors (Lipinski definition) is 4. The fraction of sp³-hybridized carbons (Fsp3) is 0.167. The van der Waals surface area contributed by atoms with Gasteiger partial charge in [0.05, 0.1) is 0 Å². The summed E-state index contributed by atoms with van der Waals surface area (Å²) >= 11 is 0. The minimum Gasteiger partial charge on any atom is -0.458 e. The van der Waals surface area contributed by atoms with Gasteiger partial charge in [-0.1, -0.05) is 36.9 Å². The highest BCUT2D eigenvalue weighted by molar-refractivity contribution is 5.78. The number of rotatable bonds is 6. The maximum absolute atomic E-state index is 11.3. The number of carbonyl (C=O) groups is 1. The highest BCUT2D eigenvalue weighted by Crippen LogP contribution is 2.03. The molecule has 1 aromatic carbocycles. The van der Waals surface area contributed by atoms with E-state index in [0.717, 1.165) is 5.56 Å². The van der Waals surface area contributed by atoms with Crippen molar-refractivity contribution in [3.8, 4) is 0 Å². The Hall–Kier alpha value is -2.10. The number of benzene rings is 1. The fourth-order valence-corrected chi connectivity index (χ4v) is 1.06. The average molecular weight is 219 g/mol. The largest absolute Gasteiger partial charge is 0.458 e. The minimum atomic E-state index is -1.10. The van der Waals surface area contributed by atoms with E-state index in [2.05, 4.69) is 11.3 Å². The summed E-state index contributed by atoms with van der Waals surface area (Å²) < 4.78 is 9.26. The first-order chi connectivity index (χ1) is 7.77. The normalized spacial score (nSPS) is 11.2. The summed E-state index contributed by atoms with van der Waals surface area (Å²) in [5.74, 6) is -0.665. The van der Waals surface area contributed by atoms with Gasteiger partial charge < -0.3 is 9.47 Å². The standard InChI is InChI=1S/C12H11O4/c1-2-11(16-9-13)12(14)15-8-10-6-4-3-5-7-10/h2-7,11H,1,8H2. The van der Waals surface area contributed by atoms with Crippen molar-refractivity contribution in [2.45, 2.75) is 12.7 Å². The Morgan fingerprint density at radius 2 is 2.12 bits per heavy atom. The molecule has 0 bridgehead atoms. The highest BCUT2D eigenvalue weighted by Gasteiger charge is 2.17. The maximum atomic E-state index is 11.3. The van der Waals surface area contributed by atoms with E-state index in [9.17, 15) is 9.59 Å². The lowest BCUT2D eigenvalue weighted by Gasteiger charge is -2.09. The van der Waals surface area contributed by atoms with E-state index < -0.39 is 12.1 Å². The highest BCUT2D eigenvalue weighted by atomic mass is 16.6. The molecule has 4 heteroatoms. The van der Waals surface area contributed by atoms with Crippen molar-refractivity contribution in [1.29, 1.82) is 0 Å². The van der Waals surface area contributed by atoms with Crippen LogP contribution in [0, 0.1) is 0 Å². The van der Waals surface area contributed by atoms with E-state index in [1.807, 2.05) is 30.3 Å². The van der Waals surface area contributed by atoms with Crippen LogP contribution in [0.2, 0.25) is 0 Å². The second-order valence-electron chi connectivity index (χ2n) is 2.95. The zero-order chi connectivity index (χ0) is 11.8. The van der Waals surface area contributed by atoms with Crippen LogP contribution >= 0.6 is 0 Å². The van der Waals surface area contributed by atoms with E-state index >= 15 is 0 Å². The van der Waals surface area contributed by atoms with E-state index in [1.165, 1.54) is 12.5 Å². The van der Waals surface area contributed by atoms with Gasteiger partial charge in [-0.15, -0.1) is 0 Å². The molecule has 1 aromatic rings. The van der Waals surface area contributed by atoms with Gasteiger partial charge in [-0.3, -0.25) is 0 Å². The summed E-state index contributed by atoms with van der Waals surface area (Å²) in [5.41, 5.74) is 0.855. The van der Waals surface area contributed by atoms with Crippen LogP contribution in [0.5, 0.6) is 0 Å². The molecule has 0 amide bonds. The van der Waals surface area contributed by atoms with Crippen LogP contribution in [0.3, 0.4) is 0 Å². The smallest absolute Gasteiger partial charge is 0.418 e. The van der Waals surface area contributed by atoms with Crippen LogP contribution in [-0.4, -0.2) is 18.5 Å². The summed E-state index contributed by atoms with van der Waals surface area (Å²) in [5, 5.41) is 0. The molecule has 0 aliphatic carbocycles. The third-order valence-corrected chi connectivity index (χ3v) is 1.85.